The molecule has 0 unspecified atom stereocenters. The van der Waals surface area contributed by atoms with Gasteiger partial charge in [0.2, 0.25) is 0 Å². The summed E-state index contributed by atoms with van der Waals surface area (Å²) in [5, 5.41) is 3.19. The molecule has 0 aliphatic carbocycles. The van der Waals surface area contributed by atoms with E-state index in [1.165, 1.54) is 4.90 Å². The summed E-state index contributed by atoms with van der Waals surface area (Å²) in [6.07, 6.45) is 0. The highest BCUT2D eigenvalue weighted by atomic mass is 16.2. The number of hydrogen-bond donors (Lipinski definition) is 1. The summed E-state index contributed by atoms with van der Waals surface area (Å²) in [6.45, 7) is 5.93. The molecule has 1 aliphatic rings. The maximum Gasteiger partial charge on any atom is 0.282 e. The number of benzene rings is 3. The minimum Gasteiger partial charge on any atom is -0.350 e. The van der Waals surface area contributed by atoms with E-state index in [9.17, 15) is 9.59 Å². The zero-order valence-electron chi connectivity index (χ0n) is 16.7. The maximum atomic E-state index is 13.4. The monoisotopic (exact) mass is 382 g/mol. The Hall–Kier alpha value is -3.66. The van der Waals surface area contributed by atoms with Gasteiger partial charge in [0, 0.05) is 5.69 Å². The lowest BCUT2D eigenvalue weighted by molar-refractivity contribution is -0.120. The van der Waals surface area contributed by atoms with E-state index < -0.39 is 0 Å². The Bertz CT molecular complexity index is 1130. The Kier molecular flexibility index (Phi) is 4.77. The Morgan fingerprint density at radius 1 is 0.690 bits per heavy atom. The SMILES string of the molecule is Cc1ccc(NC2=C(c3ccc(C)cc3)C(=O)N(c3cccc(C)c3)C2=O)cc1. The number of aryl methyl sites for hydroxylation is 3. The third-order valence-electron chi connectivity index (χ3n) is 5.00. The number of anilines is 2. The van der Waals surface area contributed by atoms with Crippen LogP contribution in [0, 0.1) is 20.8 Å². The number of nitrogens with zero attached hydrogens (tertiary/aromatic N) is 1. The summed E-state index contributed by atoms with van der Waals surface area (Å²) in [6, 6.07) is 22.8. The number of carbonyl (C=O) groups excluding carboxylic acids is 2. The van der Waals surface area contributed by atoms with Gasteiger partial charge in [0.05, 0.1) is 11.3 Å². The van der Waals surface area contributed by atoms with Crippen LogP contribution in [-0.2, 0) is 9.59 Å². The summed E-state index contributed by atoms with van der Waals surface area (Å²) >= 11 is 0. The van der Waals surface area contributed by atoms with Crippen LogP contribution in [0.3, 0.4) is 0 Å². The lowest BCUT2D eigenvalue weighted by Crippen LogP contribution is -2.32. The largest absolute Gasteiger partial charge is 0.350 e. The minimum absolute atomic E-state index is 0.296. The summed E-state index contributed by atoms with van der Waals surface area (Å²) in [4.78, 5) is 28.0. The molecule has 3 aromatic rings. The van der Waals surface area contributed by atoms with E-state index in [2.05, 4.69) is 5.32 Å². The molecule has 1 N–H and O–H groups in total. The number of imide groups is 1. The third kappa shape index (κ3) is 3.57. The number of rotatable bonds is 4. The van der Waals surface area contributed by atoms with E-state index in [0.29, 0.717) is 17.0 Å². The summed E-state index contributed by atoms with van der Waals surface area (Å²) in [7, 11) is 0. The van der Waals surface area contributed by atoms with Gasteiger partial charge in [-0.25, -0.2) is 4.90 Å². The molecule has 0 bridgehead atoms. The molecule has 0 saturated carbocycles. The van der Waals surface area contributed by atoms with E-state index in [-0.39, 0.29) is 11.8 Å². The van der Waals surface area contributed by atoms with E-state index in [0.717, 1.165) is 27.9 Å². The number of carbonyl (C=O) groups is 2. The Balaban J connectivity index is 1.82. The quantitative estimate of drug-likeness (QED) is 0.646. The lowest BCUT2D eigenvalue weighted by atomic mass is 10.0. The lowest BCUT2D eigenvalue weighted by Gasteiger charge is -2.16. The molecular formula is C25H22N2O2. The zero-order chi connectivity index (χ0) is 20.5. The van der Waals surface area contributed by atoms with Crippen molar-refractivity contribution in [2.24, 2.45) is 0 Å². The van der Waals surface area contributed by atoms with Crippen molar-refractivity contribution in [3.05, 3.63) is 101 Å². The topological polar surface area (TPSA) is 49.4 Å². The van der Waals surface area contributed by atoms with Crippen LogP contribution in [0.5, 0.6) is 0 Å². The second kappa shape index (κ2) is 7.40. The average molecular weight is 382 g/mol. The first kappa shape index (κ1) is 18.7. The number of hydrogen-bond acceptors (Lipinski definition) is 3. The fraction of sp³-hybridized carbons (Fsp3) is 0.120. The molecule has 1 aliphatic heterocycles. The molecule has 4 heteroatoms. The molecule has 0 spiro atoms. The molecule has 2 amide bonds. The smallest absolute Gasteiger partial charge is 0.282 e. The van der Waals surface area contributed by atoms with Crippen molar-refractivity contribution in [1.29, 1.82) is 0 Å². The normalized spacial score (nSPS) is 14.0. The van der Waals surface area contributed by atoms with Gasteiger partial charge >= 0.3 is 0 Å². The van der Waals surface area contributed by atoms with Gasteiger partial charge in [-0.05, 0) is 56.2 Å². The Labute approximate surface area is 170 Å². The van der Waals surface area contributed by atoms with Crippen LogP contribution in [0.1, 0.15) is 22.3 Å². The van der Waals surface area contributed by atoms with Gasteiger partial charge in [-0.2, -0.15) is 0 Å². The molecular weight excluding hydrogens is 360 g/mol. The van der Waals surface area contributed by atoms with Gasteiger partial charge in [-0.1, -0.05) is 59.7 Å². The fourth-order valence-corrected chi connectivity index (χ4v) is 3.42. The van der Waals surface area contributed by atoms with Crippen molar-refractivity contribution in [1.82, 2.24) is 0 Å². The van der Waals surface area contributed by atoms with Gasteiger partial charge in [0.25, 0.3) is 11.8 Å². The Morgan fingerprint density at radius 3 is 1.93 bits per heavy atom. The molecule has 4 rings (SSSR count). The molecule has 4 nitrogen and oxygen atoms in total. The van der Waals surface area contributed by atoms with Crippen LogP contribution in [0.4, 0.5) is 11.4 Å². The molecule has 144 valence electrons. The van der Waals surface area contributed by atoms with Crippen molar-refractivity contribution in [2.75, 3.05) is 10.2 Å². The molecule has 3 aromatic carbocycles. The van der Waals surface area contributed by atoms with Crippen LogP contribution in [0.15, 0.2) is 78.5 Å². The van der Waals surface area contributed by atoms with Crippen molar-refractivity contribution in [3.8, 4) is 0 Å². The van der Waals surface area contributed by atoms with E-state index in [4.69, 9.17) is 0 Å². The third-order valence-corrected chi connectivity index (χ3v) is 5.00. The van der Waals surface area contributed by atoms with Crippen molar-refractivity contribution < 1.29 is 9.59 Å². The van der Waals surface area contributed by atoms with Crippen LogP contribution in [0.2, 0.25) is 0 Å². The van der Waals surface area contributed by atoms with E-state index in [1.54, 1.807) is 6.07 Å². The summed E-state index contributed by atoms with van der Waals surface area (Å²) in [5.74, 6) is -0.671. The van der Waals surface area contributed by atoms with Gasteiger partial charge in [-0.3, -0.25) is 9.59 Å². The molecule has 1 heterocycles. The van der Waals surface area contributed by atoms with Crippen molar-refractivity contribution >= 4 is 28.8 Å². The van der Waals surface area contributed by atoms with Gasteiger partial charge in [-0.15, -0.1) is 0 Å². The molecule has 0 aromatic heterocycles. The zero-order valence-corrected chi connectivity index (χ0v) is 16.7. The van der Waals surface area contributed by atoms with E-state index in [1.807, 2.05) is 87.5 Å². The van der Waals surface area contributed by atoms with Gasteiger partial charge in [0.15, 0.2) is 0 Å². The second-order valence-electron chi connectivity index (χ2n) is 7.39. The predicted octanol–water partition coefficient (Wildman–Crippen LogP) is 5.01. The second-order valence-corrected chi connectivity index (χ2v) is 7.39. The standard InChI is InChI=1S/C25H22N2O2/c1-16-7-11-19(12-8-16)22-23(26-20-13-9-17(2)10-14-20)25(29)27(24(22)28)21-6-4-5-18(3)15-21/h4-15,26H,1-3H3. The highest BCUT2D eigenvalue weighted by molar-refractivity contribution is 6.46. The van der Waals surface area contributed by atoms with Gasteiger partial charge in [0.1, 0.15) is 5.70 Å². The van der Waals surface area contributed by atoms with Gasteiger partial charge < -0.3 is 5.32 Å². The predicted molar refractivity (Wildman–Crippen MR) is 117 cm³/mol. The van der Waals surface area contributed by atoms with Crippen LogP contribution in [-0.4, -0.2) is 11.8 Å². The minimum atomic E-state index is -0.350. The van der Waals surface area contributed by atoms with Crippen LogP contribution in [0.25, 0.3) is 5.57 Å². The first-order chi connectivity index (χ1) is 13.9. The summed E-state index contributed by atoms with van der Waals surface area (Å²) < 4.78 is 0. The highest BCUT2D eigenvalue weighted by Gasteiger charge is 2.40. The van der Waals surface area contributed by atoms with Crippen molar-refractivity contribution in [2.45, 2.75) is 20.8 Å². The molecule has 29 heavy (non-hydrogen) atoms. The first-order valence-corrected chi connectivity index (χ1v) is 9.54. The molecule has 0 atom stereocenters. The summed E-state index contributed by atoms with van der Waals surface area (Å²) in [5.41, 5.74) is 5.95. The Morgan fingerprint density at radius 2 is 1.31 bits per heavy atom. The van der Waals surface area contributed by atoms with Crippen molar-refractivity contribution in [3.63, 3.8) is 0 Å². The highest BCUT2D eigenvalue weighted by Crippen LogP contribution is 2.34. The number of nitrogens with one attached hydrogen (secondary N) is 1. The van der Waals surface area contributed by atoms with Crippen LogP contribution >= 0.6 is 0 Å². The number of amides is 2. The first-order valence-electron chi connectivity index (χ1n) is 9.54. The average Bonchev–Trinajstić information content (AvgIpc) is 2.94. The molecule has 0 saturated heterocycles. The van der Waals surface area contributed by atoms with E-state index >= 15 is 0 Å². The fourth-order valence-electron chi connectivity index (χ4n) is 3.42. The molecule has 0 fully saturated rings. The maximum absolute atomic E-state index is 13.4. The van der Waals surface area contributed by atoms with Crippen LogP contribution < -0.4 is 10.2 Å². The molecule has 0 radical (unpaired) electrons.